The summed E-state index contributed by atoms with van der Waals surface area (Å²) in [4.78, 5) is 10.7. The van der Waals surface area contributed by atoms with E-state index in [0.29, 0.717) is 5.76 Å². The first-order valence-corrected chi connectivity index (χ1v) is 7.66. The second-order valence-corrected chi connectivity index (χ2v) is 6.77. The smallest absolute Gasteiger partial charge is 0.185 e. The predicted molar refractivity (Wildman–Crippen MR) is 84.0 cm³/mol. The molecule has 0 amide bonds. The molecule has 1 aromatic heterocycles. The van der Waals surface area contributed by atoms with Gasteiger partial charge in [-0.25, -0.2) is 0 Å². The molecular formula is C19H22O2. The van der Waals surface area contributed by atoms with Gasteiger partial charge in [-0.15, -0.1) is 0 Å². The van der Waals surface area contributed by atoms with Gasteiger partial charge in [0, 0.05) is 6.42 Å². The molecule has 0 aliphatic heterocycles. The highest BCUT2D eigenvalue weighted by Gasteiger charge is 2.28. The SMILES string of the molecule is Cc1cc2c(cc1Cc1ccc(C=O)o1)C(C)(C)CCC2. The molecule has 2 nitrogen and oxygen atoms in total. The Hall–Kier alpha value is -1.83. The van der Waals surface area contributed by atoms with Gasteiger partial charge in [0.05, 0.1) is 0 Å². The van der Waals surface area contributed by atoms with Crippen LogP contribution >= 0.6 is 0 Å². The topological polar surface area (TPSA) is 30.2 Å². The van der Waals surface area contributed by atoms with Gasteiger partial charge in [-0.05, 0) is 66.0 Å². The minimum absolute atomic E-state index is 0.257. The molecule has 0 N–H and O–H groups in total. The summed E-state index contributed by atoms with van der Waals surface area (Å²) in [6.45, 7) is 6.84. The lowest BCUT2D eigenvalue weighted by atomic mass is 9.71. The normalized spacial score (nSPS) is 16.5. The third-order valence-corrected chi connectivity index (χ3v) is 4.70. The third kappa shape index (κ3) is 2.67. The molecule has 0 atom stereocenters. The van der Waals surface area contributed by atoms with Gasteiger partial charge >= 0.3 is 0 Å². The van der Waals surface area contributed by atoms with Crippen LogP contribution in [-0.4, -0.2) is 6.29 Å². The maximum atomic E-state index is 10.7. The molecule has 1 aliphatic rings. The molecule has 1 aromatic carbocycles. The van der Waals surface area contributed by atoms with Crippen molar-refractivity contribution in [2.75, 3.05) is 0 Å². The lowest BCUT2D eigenvalue weighted by Gasteiger charge is -2.33. The standard InChI is InChI=1S/C19H22O2/c1-13-9-14-5-4-8-19(2,3)18(14)11-15(13)10-16-6-7-17(12-20)21-16/h6-7,9,11-12H,4-5,8,10H2,1-3H3. The van der Waals surface area contributed by atoms with E-state index in [1.54, 1.807) is 6.07 Å². The summed E-state index contributed by atoms with van der Waals surface area (Å²) in [5.74, 6) is 1.26. The summed E-state index contributed by atoms with van der Waals surface area (Å²) < 4.78 is 5.52. The van der Waals surface area contributed by atoms with Gasteiger partial charge in [0.2, 0.25) is 0 Å². The molecule has 0 radical (unpaired) electrons. The molecule has 0 spiro atoms. The van der Waals surface area contributed by atoms with Crippen LogP contribution in [0.1, 0.15) is 65.3 Å². The molecular weight excluding hydrogens is 260 g/mol. The van der Waals surface area contributed by atoms with Crippen molar-refractivity contribution < 1.29 is 9.21 Å². The Morgan fingerprint density at radius 1 is 1.29 bits per heavy atom. The summed E-state index contributed by atoms with van der Waals surface area (Å²) in [5.41, 5.74) is 5.86. The van der Waals surface area contributed by atoms with E-state index in [1.807, 2.05) is 6.07 Å². The van der Waals surface area contributed by atoms with Gasteiger partial charge in [-0.2, -0.15) is 0 Å². The average Bonchev–Trinajstić information content (AvgIpc) is 2.88. The predicted octanol–water partition coefficient (Wildman–Crippen LogP) is 4.61. The lowest BCUT2D eigenvalue weighted by Crippen LogP contribution is -2.24. The van der Waals surface area contributed by atoms with Gasteiger partial charge < -0.3 is 4.42 Å². The quantitative estimate of drug-likeness (QED) is 0.770. The first-order valence-electron chi connectivity index (χ1n) is 7.66. The highest BCUT2D eigenvalue weighted by atomic mass is 16.3. The minimum atomic E-state index is 0.257. The number of furan rings is 1. The van der Waals surface area contributed by atoms with E-state index in [1.165, 1.54) is 41.5 Å². The Labute approximate surface area is 126 Å². The second-order valence-electron chi connectivity index (χ2n) is 6.77. The fourth-order valence-electron chi connectivity index (χ4n) is 3.44. The molecule has 0 saturated carbocycles. The number of aldehydes is 1. The number of rotatable bonds is 3. The fraction of sp³-hybridized carbons (Fsp3) is 0.421. The lowest BCUT2D eigenvalue weighted by molar-refractivity contribution is 0.109. The van der Waals surface area contributed by atoms with E-state index in [-0.39, 0.29) is 5.41 Å². The largest absolute Gasteiger partial charge is 0.458 e. The number of hydrogen-bond acceptors (Lipinski definition) is 2. The van der Waals surface area contributed by atoms with Crippen molar-refractivity contribution in [3.63, 3.8) is 0 Å². The molecule has 2 heteroatoms. The van der Waals surface area contributed by atoms with Crippen LogP contribution in [0.4, 0.5) is 0 Å². The van der Waals surface area contributed by atoms with E-state index < -0.39 is 0 Å². The summed E-state index contributed by atoms with van der Waals surface area (Å²) >= 11 is 0. The Morgan fingerprint density at radius 2 is 2.10 bits per heavy atom. The van der Waals surface area contributed by atoms with Crippen LogP contribution in [0.3, 0.4) is 0 Å². The highest BCUT2D eigenvalue weighted by molar-refractivity contribution is 5.70. The maximum absolute atomic E-state index is 10.7. The Morgan fingerprint density at radius 3 is 2.81 bits per heavy atom. The monoisotopic (exact) mass is 282 g/mol. The van der Waals surface area contributed by atoms with Crippen molar-refractivity contribution in [1.82, 2.24) is 0 Å². The fourth-order valence-corrected chi connectivity index (χ4v) is 3.44. The van der Waals surface area contributed by atoms with E-state index in [4.69, 9.17) is 4.42 Å². The van der Waals surface area contributed by atoms with Crippen LogP contribution in [0.15, 0.2) is 28.7 Å². The Bertz CT molecular complexity index is 677. The third-order valence-electron chi connectivity index (χ3n) is 4.70. The molecule has 21 heavy (non-hydrogen) atoms. The summed E-state index contributed by atoms with van der Waals surface area (Å²) in [6.07, 6.45) is 5.23. The molecule has 2 aromatic rings. The van der Waals surface area contributed by atoms with Gasteiger partial charge in [-0.1, -0.05) is 26.0 Å². The van der Waals surface area contributed by atoms with Gasteiger partial charge in [0.25, 0.3) is 0 Å². The first-order chi connectivity index (χ1) is 9.99. The van der Waals surface area contributed by atoms with Gasteiger partial charge in [0.15, 0.2) is 12.0 Å². The Balaban J connectivity index is 1.97. The number of benzene rings is 1. The second kappa shape index (κ2) is 5.18. The first kappa shape index (κ1) is 14.1. The van der Waals surface area contributed by atoms with Crippen molar-refractivity contribution in [3.05, 3.63) is 58.0 Å². The molecule has 0 saturated heterocycles. The van der Waals surface area contributed by atoms with Crippen LogP contribution in [0.5, 0.6) is 0 Å². The zero-order chi connectivity index (χ0) is 15.0. The molecule has 3 rings (SSSR count). The zero-order valence-electron chi connectivity index (χ0n) is 13.0. The molecule has 0 bridgehead atoms. The van der Waals surface area contributed by atoms with Crippen molar-refractivity contribution in [2.45, 2.75) is 51.9 Å². The van der Waals surface area contributed by atoms with E-state index in [2.05, 4.69) is 32.9 Å². The number of carbonyl (C=O) groups excluding carboxylic acids is 1. The summed E-state index contributed by atoms with van der Waals surface area (Å²) in [6, 6.07) is 8.33. The number of carbonyl (C=O) groups is 1. The summed E-state index contributed by atoms with van der Waals surface area (Å²) in [7, 11) is 0. The van der Waals surface area contributed by atoms with Crippen LogP contribution in [-0.2, 0) is 18.3 Å². The molecule has 1 heterocycles. The number of hydrogen-bond donors (Lipinski definition) is 0. The van der Waals surface area contributed by atoms with Crippen LogP contribution < -0.4 is 0 Å². The molecule has 0 unspecified atom stereocenters. The molecule has 1 aliphatic carbocycles. The van der Waals surface area contributed by atoms with Gasteiger partial charge in [-0.3, -0.25) is 4.79 Å². The van der Waals surface area contributed by atoms with Crippen molar-refractivity contribution >= 4 is 6.29 Å². The van der Waals surface area contributed by atoms with Crippen LogP contribution in [0.25, 0.3) is 0 Å². The van der Waals surface area contributed by atoms with Crippen LogP contribution in [0, 0.1) is 6.92 Å². The number of aryl methyl sites for hydroxylation is 2. The highest BCUT2D eigenvalue weighted by Crippen LogP contribution is 2.38. The van der Waals surface area contributed by atoms with E-state index in [0.717, 1.165) is 18.5 Å². The van der Waals surface area contributed by atoms with Crippen molar-refractivity contribution in [2.24, 2.45) is 0 Å². The van der Waals surface area contributed by atoms with E-state index in [9.17, 15) is 4.79 Å². The Kier molecular flexibility index (Phi) is 3.48. The van der Waals surface area contributed by atoms with E-state index >= 15 is 0 Å². The summed E-state index contributed by atoms with van der Waals surface area (Å²) in [5, 5.41) is 0. The zero-order valence-corrected chi connectivity index (χ0v) is 13.0. The molecule has 0 fully saturated rings. The molecule has 110 valence electrons. The van der Waals surface area contributed by atoms with Crippen molar-refractivity contribution in [1.29, 1.82) is 0 Å². The minimum Gasteiger partial charge on any atom is -0.458 e. The van der Waals surface area contributed by atoms with Crippen LogP contribution in [0.2, 0.25) is 0 Å². The number of fused-ring (bicyclic) bond motifs is 1. The van der Waals surface area contributed by atoms with Crippen molar-refractivity contribution in [3.8, 4) is 0 Å². The maximum Gasteiger partial charge on any atom is 0.185 e. The van der Waals surface area contributed by atoms with Gasteiger partial charge in [0.1, 0.15) is 5.76 Å². The average molecular weight is 282 g/mol.